The highest BCUT2D eigenvalue weighted by atomic mass is 16.1. The van der Waals surface area contributed by atoms with E-state index in [-0.39, 0.29) is 5.78 Å². The van der Waals surface area contributed by atoms with Gasteiger partial charge in [-0.15, -0.1) is 0 Å². The summed E-state index contributed by atoms with van der Waals surface area (Å²) < 4.78 is 0. The fourth-order valence-corrected chi connectivity index (χ4v) is 2.25. The molecule has 0 bridgehead atoms. The van der Waals surface area contributed by atoms with Crippen LogP contribution in [0.15, 0.2) is 28.5 Å². The number of aliphatic imine (C=N–C) groups is 1. The van der Waals surface area contributed by atoms with Crippen molar-refractivity contribution < 1.29 is 4.79 Å². The molecule has 1 heterocycles. The Bertz CT molecular complexity index is 603. The lowest BCUT2D eigenvalue weighted by Gasteiger charge is -2.13. The molecule has 0 fully saturated rings. The lowest BCUT2D eigenvalue weighted by Crippen LogP contribution is -2.14. The Balaban J connectivity index is 3.37. The zero-order valence-electron chi connectivity index (χ0n) is 14.4. The molecule has 5 heteroatoms. The number of allylic oxidation sites excluding steroid dienone is 2. The summed E-state index contributed by atoms with van der Waals surface area (Å²) in [5, 5.41) is 6.11. The van der Waals surface area contributed by atoms with Crippen molar-refractivity contribution in [1.82, 2.24) is 10.3 Å². The van der Waals surface area contributed by atoms with Gasteiger partial charge in [0.15, 0.2) is 5.78 Å². The predicted molar refractivity (Wildman–Crippen MR) is 92.9 cm³/mol. The number of hydrogen-bond donors (Lipinski definition) is 2. The summed E-state index contributed by atoms with van der Waals surface area (Å²) in [6, 6.07) is 1.88. The summed E-state index contributed by atoms with van der Waals surface area (Å²) >= 11 is 0. The molecule has 0 aromatic carbocycles. The molecule has 0 aliphatic carbocycles. The number of Topliss-reactive ketones (excluding diaryl/α,β-unsaturated/α-hetero) is 1. The fourth-order valence-electron chi connectivity index (χ4n) is 2.25. The number of carbonyl (C=O) groups excluding carboxylic acids is 1. The smallest absolute Gasteiger partial charge is 0.166 e. The average molecular weight is 302 g/mol. The molecule has 0 spiro atoms. The van der Waals surface area contributed by atoms with Crippen LogP contribution in [0.5, 0.6) is 0 Å². The number of nitrogens with one attached hydrogen (secondary N) is 2. The number of hydrogen-bond acceptors (Lipinski definition) is 5. The van der Waals surface area contributed by atoms with Crippen LogP contribution in [0.3, 0.4) is 0 Å². The van der Waals surface area contributed by atoms with Gasteiger partial charge < -0.3 is 10.6 Å². The SMILES string of the molecule is CCCC(=O)c1cc(C(=N/C)/C(C)=C(\C)NC)cnc1NC. The molecule has 0 saturated carbocycles. The Morgan fingerprint density at radius 3 is 2.50 bits per heavy atom. The first kappa shape index (κ1) is 17.9. The van der Waals surface area contributed by atoms with Gasteiger partial charge in [0.05, 0.1) is 11.3 Å². The first-order valence-electron chi connectivity index (χ1n) is 7.53. The van der Waals surface area contributed by atoms with Crippen molar-refractivity contribution in [3.05, 3.63) is 34.7 Å². The van der Waals surface area contributed by atoms with Crippen LogP contribution >= 0.6 is 0 Å². The number of nitrogens with zero attached hydrogens (tertiary/aromatic N) is 2. The summed E-state index contributed by atoms with van der Waals surface area (Å²) in [6.45, 7) is 6.00. The number of pyridine rings is 1. The third-order valence-electron chi connectivity index (χ3n) is 3.69. The number of ketones is 1. The first-order valence-corrected chi connectivity index (χ1v) is 7.53. The molecule has 1 rings (SSSR count). The van der Waals surface area contributed by atoms with Crippen LogP contribution in [0.2, 0.25) is 0 Å². The van der Waals surface area contributed by atoms with E-state index < -0.39 is 0 Å². The van der Waals surface area contributed by atoms with Gasteiger partial charge in [-0.1, -0.05) is 6.92 Å². The van der Waals surface area contributed by atoms with Gasteiger partial charge in [0.2, 0.25) is 0 Å². The van der Waals surface area contributed by atoms with Crippen molar-refractivity contribution in [2.45, 2.75) is 33.6 Å². The number of rotatable bonds is 7. The van der Waals surface area contributed by atoms with Crippen LogP contribution < -0.4 is 10.6 Å². The fraction of sp³-hybridized carbons (Fsp3) is 0.471. The van der Waals surface area contributed by atoms with E-state index in [0.717, 1.165) is 29.0 Å². The highest BCUT2D eigenvalue weighted by molar-refractivity contribution is 6.14. The standard InChI is InChI=1S/C17H26N4O/c1-7-8-15(22)14-9-13(10-21-17(14)20-6)16(19-5)11(2)12(3)18-4/h9-10,18H,7-8H2,1-6H3,(H,20,21)/b12-11+,19-16+. The Morgan fingerprint density at radius 1 is 1.32 bits per heavy atom. The van der Waals surface area contributed by atoms with Gasteiger partial charge in [0, 0.05) is 45.0 Å². The monoisotopic (exact) mass is 302 g/mol. The molecule has 1 aromatic rings. The van der Waals surface area contributed by atoms with Crippen molar-refractivity contribution in [3.63, 3.8) is 0 Å². The predicted octanol–water partition coefficient (Wildman–Crippen LogP) is 3.04. The maximum atomic E-state index is 12.3. The molecule has 5 nitrogen and oxygen atoms in total. The van der Waals surface area contributed by atoms with Gasteiger partial charge in [0.1, 0.15) is 5.82 Å². The van der Waals surface area contributed by atoms with Crippen molar-refractivity contribution in [3.8, 4) is 0 Å². The van der Waals surface area contributed by atoms with Crippen LogP contribution in [0.25, 0.3) is 0 Å². The van der Waals surface area contributed by atoms with E-state index in [9.17, 15) is 4.79 Å². The Kier molecular flexibility index (Phi) is 6.76. The second kappa shape index (κ2) is 8.32. The Morgan fingerprint density at radius 2 is 2.00 bits per heavy atom. The van der Waals surface area contributed by atoms with Gasteiger partial charge in [-0.05, 0) is 31.9 Å². The van der Waals surface area contributed by atoms with Gasteiger partial charge in [-0.3, -0.25) is 9.79 Å². The topological polar surface area (TPSA) is 66.4 Å². The lowest BCUT2D eigenvalue weighted by atomic mass is 9.99. The minimum absolute atomic E-state index is 0.101. The Labute approximate surface area is 132 Å². The Hall–Kier alpha value is -2.17. The number of anilines is 1. The van der Waals surface area contributed by atoms with E-state index in [0.29, 0.717) is 17.8 Å². The zero-order valence-corrected chi connectivity index (χ0v) is 14.4. The van der Waals surface area contributed by atoms with Gasteiger partial charge >= 0.3 is 0 Å². The number of carbonyl (C=O) groups is 1. The van der Waals surface area contributed by atoms with Crippen molar-refractivity contribution in [1.29, 1.82) is 0 Å². The van der Waals surface area contributed by atoms with Gasteiger partial charge in [-0.25, -0.2) is 4.98 Å². The molecule has 0 aliphatic heterocycles. The molecule has 1 aromatic heterocycles. The highest BCUT2D eigenvalue weighted by Crippen LogP contribution is 2.20. The van der Waals surface area contributed by atoms with Crippen LogP contribution in [0.4, 0.5) is 5.82 Å². The van der Waals surface area contributed by atoms with E-state index in [1.807, 2.05) is 33.9 Å². The second-order valence-corrected chi connectivity index (χ2v) is 5.12. The minimum atomic E-state index is 0.101. The van der Waals surface area contributed by atoms with E-state index in [1.54, 1.807) is 20.3 Å². The van der Waals surface area contributed by atoms with Crippen LogP contribution in [0.1, 0.15) is 49.5 Å². The average Bonchev–Trinajstić information content (AvgIpc) is 2.54. The molecule has 0 saturated heterocycles. The molecule has 0 radical (unpaired) electrons. The van der Waals surface area contributed by atoms with Crippen LogP contribution in [0, 0.1) is 0 Å². The summed E-state index contributed by atoms with van der Waals surface area (Å²) in [5.74, 6) is 0.716. The summed E-state index contributed by atoms with van der Waals surface area (Å²) in [4.78, 5) is 21.1. The quantitative estimate of drug-likeness (QED) is 0.600. The van der Waals surface area contributed by atoms with Crippen molar-refractivity contribution in [2.24, 2.45) is 4.99 Å². The third kappa shape index (κ3) is 3.93. The molecule has 120 valence electrons. The summed E-state index contributed by atoms with van der Waals surface area (Å²) in [5.41, 5.74) is 4.40. The second-order valence-electron chi connectivity index (χ2n) is 5.12. The van der Waals surface area contributed by atoms with E-state index >= 15 is 0 Å². The normalized spacial score (nSPS) is 12.7. The molecular weight excluding hydrogens is 276 g/mol. The first-order chi connectivity index (χ1) is 10.5. The molecule has 0 atom stereocenters. The van der Waals surface area contributed by atoms with E-state index in [2.05, 4.69) is 20.6 Å². The maximum absolute atomic E-state index is 12.3. The molecule has 2 N–H and O–H groups in total. The molecule has 0 unspecified atom stereocenters. The molecule has 0 aliphatic rings. The summed E-state index contributed by atoms with van der Waals surface area (Å²) in [7, 11) is 5.40. The summed E-state index contributed by atoms with van der Waals surface area (Å²) in [6.07, 6.45) is 3.09. The highest BCUT2D eigenvalue weighted by Gasteiger charge is 2.15. The largest absolute Gasteiger partial charge is 0.391 e. The number of aromatic nitrogens is 1. The maximum Gasteiger partial charge on any atom is 0.166 e. The minimum Gasteiger partial charge on any atom is -0.391 e. The van der Waals surface area contributed by atoms with Crippen molar-refractivity contribution >= 4 is 17.3 Å². The van der Waals surface area contributed by atoms with E-state index in [4.69, 9.17) is 0 Å². The lowest BCUT2D eigenvalue weighted by molar-refractivity contribution is 0.0982. The molecule has 22 heavy (non-hydrogen) atoms. The molecule has 0 amide bonds. The van der Waals surface area contributed by atoms with E-state index in [1.165, 1.54) is 0 Å². The molecular formula is C17H26N4O. The third-order valence-corrected chi connectivity index (χ3v) is 3.69. The van der Waals surface area contributed by atoms with Gasteiger partial charge in [0.25, 0.3) is 0 Å². The van der Waals surface area contributed by atoms with Crippen LogP contribution in [-0.4, -0.2) is 37.6 Å². The zero-order chi connectivity index (χ0) is 16.7. The van der Waals surface area contributed by atoms with Gasteiger partial charge in [-0.2, -0.15) is 0 Å². The van der Waals surface area contributed by atoms with Crippen molar-refractivity contribution in [2.75, 3.05) is 26.5 Å². The van der Waals surface area contributed by atoms with Crippen LogP contribution in [-0.2, 0) is 0 Å².